The fourth-order valence-electron chi connectivity index (χ4n) is 2.73. The minimum Gasteiger partial charge on any atom is -0.333 e. The van der Waals surface area contributed by atoms with E-state index >= 15 is 0 Å². The maximum atomic E-state index is 12.2. The molecule has 0 radical (unpaired) electrons. The number of anilines is 1. The van der Waals surface area contributed by atoms with Crippen molar-refractivity contribution in [2.45, 2.75) is 45.7 Å². The highest BCUT2D eigenvalue weighted by Crippen LogP contribution is 2.25. The fraction of sp³-hybridized carbons (Fsp3) is 0.526. The lowest BCUT2D eigenvalue weighted by atomic mass is 10.2. The Hall–Kier alpha value is -1.61. The van der Waals surface area contributed by atoms with Crippen molar-refractivity contribution in [1.82, 2.24) is 14.8 Å². The van der Waals surface area contributed by atoms with E-state index in [1.165, 1.54) is 11.8 Å². The lowest BCUT2D eigenvalue weighted by Gasteiger charge is -2.23. The number of aromatic nitrogens is 3. The summed E-state index contributed by atoms with van der Waals surface area (Å²) >= 11 is 6.88. The molecule has 0 aromatic carbocycles. The van der Waals surface area contributed by atoms with Gasteiger partial charge in [0, 0.05) is 24.9 Å². The highest BCUT2D eigenvalue weighted by Gasteiger charge is 2.26. The summed E-state index contributed by atoms with van der Waals surface area (Å²) in [4.78, 5) is 6.90. The second kappa shape index (κ2) is 10.8. The lowest BCUT2D eigenvalue weighted by molar-refractivity contribution is -0.129. The zero-order valence-corrected chi connectivity index (χ0v) is 17.7. The average molecular weight is 431 g/mol. The molecule has 0 saturated heterocycles. The summed E-state index contributed by atoms with van der Waals surface area (Å²) in [5.74, 6) is 0.642. The number of hydrogen-bond acceptors (Lipinski definition) is 4. The van der Waals surface area contributed by atoms with Gasteiger partial charge in [-0.25, -0.2) is 4.68 Å². The molecule has 0 amide bonds. The molecule has 0 fully saturated rings. The van der Waals surface area contributed by atoms with Gasteiger partial charge in [0.15, 0.2) is 0 Å². The third-order valence-corrected chi connectivity index (χ3v) is 5.47. The molecule has 28 heavy (non-hydrogen) atoms. The van der Waals surface area contributed by atoms with Crippen LogP contribution in [0.25, 0.3) is 5.69 Å². The molecular formula is C19H25F3N4S2. The summed E-state index contributed by atoms with van der Waals surface area (Å²) < 4.78 is 38.5. The summed E-state index contributed by atoms with van der Waals surface area (Å²) in [5, 5.41) is 4.70. The number of nitrogens with zero attached hydrogens (tertiary/aromatic N) is 4. The van der Waals surface area contributed by atoms with Crippen molar-refractivity contribution in [2.75, 3.05) is 23.0 Å². The Labute approximate surface area is 173 Å². The number of pyridine rings is 1. The first-order valence-electron chi connectivity index (χ1n) is 9.29. The predicted molar refractivity (Wildman–Crippen MR) is 114 cm³/mol. The first-order valence-corrected chi connectivity index (χ1v) is 10.9. The van der Waals surface area contributed by atoms with Crippen molar-refractivity contribution in [1.29, 1.82) is 0 Å². The minimum absolute atomic E-state index is 0.0677. The van der Waals surface area contributed by atoms with Crippen molar-refractivity contribution in [2.24, 2.45) is 0 Å². The van der Waals surface area contributed by atoms with Crippen LogP contribution in [0.4, 0.5) is 18.9 Å². The fourth-order valence-corrected chi connectivity index (χ4v) is 4.10. The van der Waals surface area contributed by atoms with Gasteiger partial charge in [0.05, 0.1) is 40.9 Å². The van der Waals surface area contributed by atoms with Gasteiger partial charge >= 0.3 is 6.18 Å². The second-order valence-corrected chi connectivity index (χ2v) is 7.93. The van der Waals surface area contributed by atoms with Gasteiger partial charge in [-0.15, -0.1) is 0 Å². The molecule has 2 heterocycles. The second-order valence-electron chi connectivity index (χ2n) is 6.23. The number of thiocarbonyl (C=S) groups is 1. The van der Waals surface area contributed by atoms with Crippen LogP contribution in [-0.2, 0) is 6.42 Å². The molecule has 0 atom stereocenters. The number of rotatable bonds is 10. The third-order valence-electron chi connectivity index (χ3n) is 4.06. The Bertz CT molecular complexity index is 747. The van der Waals surface area contributed by atoms with Crippen LogP contribution in [0.15, 0.2) is 30.7 Å². The van der Waals surface area contributed by atoms with Crippen LogP contribution in [0.3, 0.4) is 0 Å². The minimum atomic E-state index is -4.10. The molecule has 0 bridgehead atoms. The van der Waals surface area contributed by atoms with Crippen molar-refractivity contribution in [3.8, 4) is 5.69 Å². The van der Waals surface area contributed by atoms with E-state index in [9.17, 15) is 13.2 Å². The Morgan fingerprint density at radius 1 is 1.29 bits per heavy atom. The topological polar surface area (TPSA) is 34.0 Å². The van der Waals surface area contributed by atoms with Gasteiger partial charge in [-0.05, 0) is 31.2 Å². The number of hydrogen-bond donors (Lipinski definition) is 0. The molecule has 0 spiro atoms. The number of halogens is 3. The lowest BCUT2D eigenvalue weighted by Crippen LogP contribution is -2.30. The monoisotopic (exact) mass is 430 g/mol. The maximum Gasteiger partial charge on any atom is 0.389 e. The number of aryl methyl sites for hydroxylation is 1. The number of thioether (sulfide) groups is 1. The summed E-state index contributed by atoms with van der Waals surface area (Å²) in [6.45, 7) is 4.79. The SMILES string of the molecule is CCCc1nn(-c2cccnc2)cc1N(CC)C(=S)CCSCCC(F)(F)F. The standard InChI is InChI=1S/C19H25F3N4S2/c1-3-6-16-17(14-26(24-16)15-7-5-10-23-13-15)25(4-2)18(27)8-11-28-12-9-19(20,21)22/h5,7,10,13-14H,3-4,6,8-9,11-12H2,1-2H3. The predicted octanol–water partition coefficient (Wildman–Crippen LogP) is 5.45. The smallest absolute Gasteiger partial charge is 0.333 e. The average Bonchev–Trinajstić information content (AvgIpc) is 3.06. The normalized spacial score (nSPS) is 11.6. The molecule has 0 aliphatic rings. The van der Waals surface area contributed by atoms with E-state index in [-0.39, 0.29) is 5.75 Å². The van der Waals surface area contributed by atoms with Crippen molar-refractivity contribution < 1.29 is 13.2 Å². The molecule has 0 aliphatic carbocycles. The van der Waals surface area contributed by atoms with Crippen LogP contribution >= 0.6 is 24.0 Å². The molecule has 154 valence electrons. The Morgan fingerprint density at radius 3 is 2.68 bits per heavy atom. The van der Waals surface area contributed by atoms with Crippen LogP contribution in [0.1, 0.15) is 38.8 Å². The molecule has 0 aliphatic heterocycles. The Kier molecular flexibility index (Phi) is 8.75. The highest BCUT2D eigenvalue weighted by atomic mass is 32.2. The largest absolute Gasteiger partial charge is 0.389 e. The Balaban J connectivity index is 2.07. The van der Waals surface area contributed by atoms with Gasteiger partial charge in [-0.3, -0.25) is 4.98 Å². The first kappa shape index (κ1) is 22.7. The molecule has 2 aromatic heterocycles. The van der Waals surface area contributed by atoms with E-state index in [1.807, 2.05) is 30.2 Å². The van der Waals surface area contributed by atoms with Crippen LogP contribution in [0, 0.1) is 0 Å². The molecule has 2 aromatic rings. The van der Waals surface area contributed by atoms with Crippen LogP contribution < -0.4 is 4.90 Å². The molecule has 4 nitrogen and oxygen atoms in total. The van der Waals surface area contributed by atoms with Crippen molar-refractivity contribution in [3.05, 3.63) is 36.4 Å². The van der Waals surface area contributed by atoms with E-state index < -0.39 is 12.6 Å². The third kappa shape index (κ3) is 6.77. The van der Waals surface area contributed by atoms with Crippen LogP contribution in [0.5, 0.6) is 0 Å². The molecule has 0 N–H and O–H groups in total. The van der Waals surface area contributed by atoms with Crippen molar-refractivity contribution in [3.63, 3.8) is 0 Å². The number of alkyl halides is 3. The van der Waals surface area contributed by atoms with E-state index in [0.717, 1.165) is 34.9 Å². The maximum absolute atomic E-state index is 12.2. The van der Waals surface area contributed by atoms with Crippen LogP contribution in [0.2, 0.25) is 0 Å². The first-order chi connectivity index (χ1) is 13.4. The van der Waals surface area contributed by atoms with Gasteiger partial charge in [-0.2, -0.15) is 30.0 Å². The van der Waals surface area contributed by atoms with Gasteiger partial charge in [0.1, 0.15) is 0 Å². The van der Waals surface area contributed by atoms with E-state index in [4.69, 9.17) is 17.3 Å². The quantitative estimate of drug-likeness (QED) is 0.370. The zero-order valence-electron chi connectivity index (χ0n) is 16.1. The van der Waals surface area contributed by atoms with E-state index in [0.29, 0.717) is 18.7 Å². The van der Waals surface area contributed by atoms with Crippen molar-refractivity contribution >= 4 is 34.7 Å². The Morgan fingerprint density at radius 2 is 2.07 bits per heavy atom. The molecule has 0 saturated carbocycles. The highest BCUT2D eigenvalue weighted by molar-refractivity contribution is 7.99. The van der Waals surface area contributed by atoms with Gasteiger partial charge in [-0.1, -0.05) is 25.6 Å². The molecule has 0 unspecified atom stereocenters. The van der Waals surface area contributed by atoms with Gasteiger partial charge in [0.25, 0.3) is 0 Å². The zero-order chi connectivity index (χ0) is 20.6. The summed E-state index contributed by atoms with van der Waals surface area (Å²) in [6.07, 6.45) is 2.89. The molecule has 2 rings (SSSR count). The van der Waals surface area contributed by atoms with E-state index in [1.54, 1.807) is 17.1 Å². The summed E-state index contributed by atoms with van der Waals surface area (Å²) in [6, 6.07) is 3.79. The summed E-state index contributed by atoms with van der Waals surface area (Å²) in [7, 11) is 0. The summed E-state index contributed by atoms with van der Waals surface area (Å²) in [5.41, 5.74) is 2.79. The van der Waals surface area contributed by atoms with E-state index in [2.05, 4.69) is 11.9 Å². The van der Waals surface area contributed by atoms with Crippen LogP contribution in [-0.4, -0.2) is 44.0 Å². The van der Waals surface area contributed by atoms with Gasteiger partial charge in [0.2, 0.25) is 0 Å². The van der Waals surface area contributed by atoms with Gasteiger partial charge < -0.3 is 4.90 Å². The molecule has 9 heteroatoms. The molecular weight excluding hydrogens is 405 g/mol.